The molecule has 0 heterocycles. The highest BCUT2D eigenvalue weighted by atomic mass is 16.5. The molecular formula is C25H33N3O3. The maximum atomic E-state index is 12.3. The number of rotatable bonds is 9. The number of nitrogens with one attached hydrogen (secondary N) is 3. The molecule has 3 N–H and O–H groups in total. The van der Waals surface area contributed by atoms with Gasteiger partial charge in [-0.1, -0.05) is 30.3 Å². The Balaban J connectivity index is 1.27. The molecule has 31 heavy (non-hydrogen) atoms. The van der Waals surface area contributed by atoms with Gasteiger partial charge in [-0.3, -0.25) is 4.79 Å². The van der Waals surface area contributed by atoms with Crippen LogP contribution in [0.1, 0.15) is 41.6 Å². The van der Waals surface area contributed by atoms with Crippen molar-refractivity contribution in [2.45, 2.75) is 32.1 Å². The number of carbonyl (C=O) groups is 2. The van der Waals surface area contributed by atoms with Crippen LogP contribution < -0.4 is 20.7 Å². The van der Waals surface area contributed by atoms with Crippen LogP contribution in [0.4, 0.5) is 4.79 Å². The van der Waals surface area contributed by atoms with E-state index in [0.29, 0.717) is 37.0 Å². The number of hydrogen-bond donors (Lipinski definition) is 3. The molecule has 166 valence electrons. The van der Waals surface area contributed by atoms with Crippen LogP contribution >= 0.6 is 0 Å². The van der Waals surface area contributed by atoms with E-state index in [4.69, 9.17) is 4.74 Å². The van der Waals surface area contributed by atoms with E-state index in [1.807, 2.05) is 18.2 Å². The van der Waals surface area contributed by atoms with Crippen molar-refractivity contribution < 1.29 is 14.3 Å². The summed E-state index contributed by atoms with van der Waals surface area (Å²) < 4.78 is 5.12. The van der Waals surface area contributed by atoms with E-state index in [0.717, 1.165) is 37.9 Å². The van der Waals surface area contributed by atoms with E-state index in [9.17, 15) is 9.59 Å². The summed E-state index contributed by atoms with van der Waals surface area (Å²) >= 11 is 0. The smallest absolute Gasteiger partial charge is 0.314 e. The molecule has 0 atom stereocenters. The number of urea groups is 1. The largest absolute Gasteiger partial charge is 0.497 e. The Hall–Kier alpha value is -3.02. The van der Waals surface area contributed by atoms with Crippen molar-refractivity contribution in [3.8, 4) is 5.75 Å². The van der Waals surface area contributed by atoms with Gasteiger partial charge in [-0.05, 0) is 73.8 Å². The molecule has 0 bridgehead atoms. The van der Waals surface area contributed by atoms with Crippen molar-refractivity contribution >= 4 is 11.9 Å². The second-order valence-corrected chi connectivity index (χ2v) is 8.20. The minimum absolute atomic E-state index is 0.0429. The van der Waals surface area contributed by atoms with Crippen molar-refractivity contribution in [2.75, 3.05) is 26.7 Å². The van der Waals surface area contributed by atoms with Crippen molar-refractivity contribution in [2.24, 2.45) is 11.8 Å². The summed E-state index contributed by atoms with van der Waals surface area (Å²) in [5, 5.41) is 8.98. The van der Waals surface area contributed by atoms with Gasteiger partial charge >= 0.3 is 6.03 Å². The first-order valence-electron chi connectivity index (χ1n) is 11.1. The molecule has 3 amide bonds. The van der Waals surface area contributed by atoms with Gasteiger partial charge in [0.05, 0.1) is 7.11 Å². The van der Waals surface area contributed by atoms with Crippen LogP contribution in [-0.4, -0.2) is 38.7 Å². The molecule has 2 aromatic carbocycles. The third kappa shape index (κ3) is 7.63. The average molecular weight is 424 g/mol. The van der Waals surface area contributed by atoms with Crippen LogP contribution in [0.15, 0.2) is 54.6 Å². The molecule has 6 nitrogen and oxygen atoms in total. The molecule has 0 unspecified atom stereocenters. The first-order chi connectivity index (χ1) is 15.1. The fourth-order valence-corrected chi connectivity index (χ4v) is 3.99. The predicted octanol–water partition coefficient (Wildman–Crippen LogP) is 3.77. The summed E-state index contributed by atoms with van der Waals surface area (Å²) in [6.07, 6.45) is 5.14. The first-order valence-corrected chi connectivity index (χ1v) is 11.1. The molecule has 3 rings (SSSR count). The SMILES string of the molecule is COc1ccc(C(=O)NCC2CCC(CNC(=O)NCCc3ccccc3)CC2)cc1. The summed E-state index contributed by atoms with van der Waals surface area (Å²) in [6.45, 7) is 2.05. The Morgan fingerprint density at radius 3 is 2.06 bits per heavy atom. The Labute approximate surface area is 184 Å². The highest BCUT2D eigenvalue weighted by molar-refractivity contribution is 5.94. The van der Waals surface area contributed by atoms with Crippen molar-refractivity contribution in [1.29, 1.82) is 0 Å². The molecule has 0 aliphatic heterocycles. The zero-order chi connectivity index (χ0) is 21.9. The summed E-state index contributed by atoms with van der Waals surface area (Å²) in [4.78, 5) is 24.3. The lowest BCUT2D eigenvalue weighted by molar-refractivity contribution is 0.0941. The number of benzene rings is 2. The van der Waals surface area contributed by atoms with Gasteiger partial charge < -0.3 is 20.7 Å². The molecule has 1 aliphatic rings. The zero-order valence-corrected chi connectivity index (χ0v) is 18.2. The number of ether oxygens (including phenoxy) is 1. The second kappa shape index (κ2) is 12.0. The molecule has 0 spiro atoms. The van der Waals surface area contributed by atoms with Gasteiger partial charge in [-0.2, -0.15) is 0 Å². The topological polar surface area (TPSA) is 79.5 Å². The first kappa shape index (κ1) is 22.7. The van der Waals surface area contributed by atoms with Crippen molar-refractivity contribution in [1.82, 2.24) is 16.0 Å². The van der Waals surface area contributed by atoms with Crippen LogP contribution in [0.5, 0.6) is 5.75 Å². The monoisotopic (exact) mass is 423 g/mol. The summed E-state index contributed by atoms with van der Waals surface area (Å²) in [6, 6.07) is 17.2. The lowest BCUT2D eigenvalue weighted by Gasteiger charge is -2.28. The van der Waals surface area contributed by atoms with Crippen molar-refractivity contribution in [3.05, 3.63) is 65.7 Å². The Kier molecular flexibility index (Phi) is 8.76. The van der Waals surface area contributed by atoms with Gasteiger partial charge in [0.15, 0.2) is 0 Å². The lowest BCUT2D eigenvalue weighted by atomic mass is 9.82. The number of carbonyl (C=O) groups excluding carboxylic acids is 2. The minimum atomic E-state index is -0.0928. The van der Waals surface area contributed by atoms with Gasteiger partial charge in [0.2, 0.25) is 0 Å². The van der Waals surface area contributed by atoms with Gasteiger partial charge in [-0.25, -0.2) is 4.79 Å². The van der Waals surface area contributed by atoms with Crippen LogP contribution in [0.25, 0.3) is 0 Å². The van der Waals surface area contributed by atoms with Crippen LogP contribution in [0, 0.1) is 11.8 Å². The van der Waals surface area contributed by atoms with Crippen molar-refractivity contribution in [3.63, 3.8) is 0 Å². The highest BCUT2D eigenvalue weighted by Gasteiger charge is 2.22. The van der Waals surface area contributed by atoms with E-state index in [-0.39, 0.29) is 11.9 Å². The predicted molar refractivity (Wildman–Crippen MR) is 122 cm³/mol. The molecule has 0 radical (unpaired) electrons. The van der Waals surface area contributed by atoms with Crippen LogP contribution in [-0.2, 0) is 6.42 Å². The third-order valence-electron chi connectivity index (χ3n) is 5.96. The maximum absolute atomic E-state index is 12.3. The number of amides is 3. The van der Waals surface area contributed by atoms with E-state index in [1.54, 1.807) is 31.4 Å². The fourth-order valence-electron chi connectivity index (χ4n) is 3.99. The normalized spacial score (nSPS) is 18.1. The summed E-state index contributed by atoms with van der Waals surface area (Å²) in [5.74, 6) is 1.71. The fraction of sp³-hybridized carbons (Fsp3) is 0.440. The molecule has 0 aromatic heterocycles. The Bertz CT molecular complexity index is 816. The molecule has 1 saturated carbocycles. The zero-order valence-electron chi connectivity index (χ0n) is 18.2. The van der Waals surface area contributed by atoms with Crippen LogP contribution in [0.3, 0.4) is 0 Å². The molecule has 1 fully saturated rings. The van der Waals surface area contributed by atoms with E-state index < -0.39 is 0 Å². The van der Waals surface area contributed by atoms with Gasteiger partial charge in [0, 0.05) is 25.2 Å². The van der Waals surface area contributed by atoms with Gasteiger partial charge in [-0.15, -0.1) is 0 Å². The minimum Gasteiger partial charge on any atom is -0.497 e. The van der Waals surface area contributed by atoms with Gasteiger partial charge in [0.25, 0.3) is 5.91 Å². The third-order valence-corrected chi connectivity index (χ3v) is 5.96. The molecule has 0 saturated heterocycles. The Morgan fingerprint density at radius 2 is 1.45 bits per heavy atom. The maximum Gasteiger partial charge on any atom is 0.314 e. The molecule has 1 aliphatic carbocycles. The second-order valence-electron chi connectivity index (χ2n) is 8.20. The molecule has 2 aromatic rings. The number of methoxy groups -OCH3 is 1. The highest BCUT2D eigenvalue weighted by Crippen LogP contribution is 2.28. The average Bonchev–Trinajstić information content (AvgIpc) is 2.82. The molecule has 6 heteroatoms. The quantitative estimate of drug-likeness (QED) is 0.574. The van der Waals surface area contributed by atoms with Gasteiger partial charge in [0.1, 0.15) is 5.75 Å². The van der Waals surface area contributed by atoms with E-state index in [2.05, 4.69) is 28.1 Å². The summed E-state index contributed by atoms with van der Waals surface area (Å²) in [5.41, 5.74) is 1.87. The lowest BCUT2D eigenvalue weighted by Crippen LogP contribution is -2.40. The van der Waals surface area contributed by atoms with E-state index >= 15 is 0 Å². The summed E-state index contributed by atoms with van der Waals surface area (Å²) in [7, 11) is 1.61. The standard InChI is InChI=1S/C25H33N3O3/c1-31-23-13-11-22(12-14-23)24(29)27-17-20-7-9-21(10-8-20)18-28-25(30)26-16-15-19-5-3-2-4-6-19/h2-6,11-14,20-21H,7-10,15-18H2,1H3,(H,27,29)(H2,26,28,30). The Morgan fingerprint density at radius 1 is 0.839 bits per heavy atom. The van der Waals surface area contributed by atoms with Crippen LogP contribution in [0.2, 0.25) is 0 Å². The molecular weight excluding hydrogens is 390 g/mol. The van der Waals surface area contributed by atoms with E-state index in [1.165, 1.54) is 5.56 Å². The number of hydrogen-bond acceptors (Lipinski definition) is 3.